The first-order chi connectivity index (χ1) is 21.1. The average molecular weight is 597 g/mol. The Kier molecular flexibility index (Phi) is 7.93. The van der Waals surface area contributed by atoms with Crippen molar-refractivity contribution in [3.05, 3.63) is 71.8 Å². The second-order valence-corrected chi connectivity index (χ2v) is 12.8. The van der Waals surface area contributed by atoms with Gasteiger partial charge in [-0.15, -0.1) is 5.10 Å². The van der Waals surface area contributed by atoms with Gasteiger partial charge in [0.05, 0.1) is 0 Å². The van der Waals surface area contributed by atoms with Gasteiger partial charge in [0.1, 0.15) is 11.7 Å². The van der Waals surface area contributed by atoms with Gasteiger partial charge in [0, 0.05) is 63.5 Å². The zero-order valence-electron chi connectivity index (χ0n) is 26.0. The van der Waals surface area contributed by atoms with Gasteiger partial charge in [-0.2, -0.15) is 4.98 Å². The van der Waals surface area contributed by atoms with Crippen LogP contribution in [0.25, 0.3) is 5.65 Å². The monoisotopic (exact) mass is 596 g/mol. The van der Waals surface area contributed by atoms with E-state index in [0.29, 0.717) is 29.7 Å². The second-order valence-electron chi connectivity index (χ2n) is 12.8. The molecule has 2 amide bonds. The fraction of sp³-hybridized carbons (Fsp3) is 0.438. The predicted molar refractivity (Wildman–Crippen MR) is 169 cm³/mol. The molecule has 2 aliphatic heterocycles. The van der Waals surface area contributed by atoms with Gasteiger partial charge in [-0.3, -0.25) is 19.5 Å². The first-order valence-electron chi connectivity index (χ1n) is 15.1. The molecule has 2 atom stereocenters. The number of pyridine rings is 1. The molecule has 12 nitrogen and oxygen atoms in total. The standard InChI is InChI=1S/C32H40N10O2/c1-32(2,3)22-10-13-25(34-19-22)29(43)36-24-7-6-15-41(20-24)31-37-27(28-33-14-16-42(28)38-31)35-23-11-8-21(9-12-23)26-30(44)40(5)18-17-39(26)4/h8-14,16,19,24,26H,6-7,15,17-18,20H2,1-5H3,(H,36,43)(H,35,37,38)/t24-,26?/m0/s1. The van der Waals surface area contributed by atoms with Gasteiger partial charge >= 0.3 is 0 Å². The fourth-order valence-corrected chi connectivity index (χ4v) is 5.77. The molecule has 12 heteroatoms. The fourth-order valence-electron chi connectivity index (χ4n) is 5.77. The van der Waals surface area contributed by atoms with Crippen molar-refractivity contribution in [2.24, 2.45) is 0 Å². The Morgan fingerprint density at radius 2 is 1.80 bits per heavy atom. The van der Waals surface area contributed by atoms with Crippen LogP contribution >= 0.6 is 0 Å². The summed E-state index contributed by atoms with van der Waals surface area (Å²) in [5, 5.41) is 11.3. The maximum Gasteiger partial charge on any atom is 0.270 e. The molecule has 2 fully saturated rings. The maximum absolute atomic E-state index is 13.0. The van der Waals surface area contributed by atoms with Gasteiger partial charge in [0.15, 0.2) is 11.5 Å². The zero-order valence-corrected chi connectivity index (χ0v) is 26.0. The van der Waals surface area contributed by atoms with Crippen molar-refractivity contribution in [1.29, 1.82) is 0 Å². The Labute approximate surface area is 257 Å². The highest BCUT2D eigenvalue weighted by Gasteiger charge is 2.32. The number of carbonyl (C=O) groups is 2. The summed E-state index contributed by atoms with van der Waals surface area (Å²) in [6, 6.07) is 11.3. The van der Waals surface area contributed by atoms with Gasteiger partial charge in [-0.05, 0) is 54.6 Å². The Morgan fingerprint density at radius 1 is 1.00 bits per heavy atom. The third-order valence-corrected chi connectivity index (χ3v) is 8.47. The summed E-state index contributed by atoms with van der Waals surface area (Å²) in [5.74, 6) is 1.05. The van der Waals surface area contributed by atoms with Crippen LogP contribution in [-0.2, 0) is 10.2 Å². The number of hydrogen-bond donors (Lipinski definition) is 2. The van der Waals surface area contributed by atoms with Crippen molar-refractivity contribution >= 4 is 34.9 Å². The summed E-state index contributed by atoms with van der Waals surface area (Å²) in [7, 11) is 3.83. The molecule has 2 saturated heterocycles. The highest BCUT2D eigenvalue weighted by atomic mass is 16.2. The Bertz CT molecular complexity index is 1640. The SMILES string of the molecule is CN1CCN(C)C(c2ccc(Nc3nc(N4CCC[C@H](NC(=O)c5ccc(C(C)(C)C)cn5)C4)nn4ccnc34)cc2)C1=O. The minimum absolute atomic E-state index is 0.0247. The Morgan fingerprint density at radius 3 is 2.52 bits per heavy atom. The topological polar surface area (TPSA) is 124 Å². The Hall–Kier alpha value is -4.58. The molecule has 2 N–H and O–H groups in total. The van der Waals surface area contributed by atoms with E-state index in [2.05, 4.69) is 51.2 Å². The highest BCUT2D eigenvalue weighted by Crippen LogP contribution is 2.28. The molecule has 44 heavy (non-hydrogen) atoms. The molecule has 4 aromatic rings. The zero-order chi connectivity index (χ0) is 31.0. The van der Waals surface area contributed by atoms with Crippen LogP contribution in [0.3, 0.4) is 0 Å². The van der Waals surface area contributed by atoms with Crippen molar-refractivity contribution in [1.82, 2.24) is 39.7 Å². The van der Waals surface area contributed by atoms with Gasteiger partial charge in [-0.25, -0.2) is 9.50 Å². The van der Waals surface area contributed by atoms with Crippen molar-refractivity contribution in [2.45, 2.75) is 51.1 Å². The normalized spacial score (nSPS) is 19.8. The third-order valence-electron chi connectivity index (χ3n) is 8.47. The van der Waals surface area contributed by atoms with E-state index in [1.807, 2.05) is 44.4 Å². The number of aromatic nitrogens is 5. The first kappa shape index (κ1) is 29.5. The lowest BCUT2D eigenvalue weighted by Gasteiger charge is -2.37. The van der Waals surface area contributed by atoms with Gasteiger partial charge in [0.2, 0.25) is 11.9 Å². The van der Waals surface area contributed by atoms with E-state index in [-0.39, 0.29) is 29.3 Å². The number of piperidine rings is 1. The molecule has 1 unspecified atom stereocenters. The van der Waals surface area contributed by atoms with Crippen LogP contribution in [0, 0.1) is 0 Å². The van der Waals surface area contributed by atoms with Crippen LogP contribution in [-0.4, -0.2) is 92.5 Å². The van der Waals surface area contributed by atoms with E-state index in [1.54, 1.807) is 34.1 Å². The number of amides is 2. The molecule has 1 aromatic carbocycles. The van der Waals surface area contributed by atoms with Crippen molar-refractivity contribution in [3.8, 4) is 0 Å². The van der Waals surface area contributed by atoms with Gasteiger partial charge in [-0.1, -0.05) is 39.0 Å². The van der Waals surface area contributed by atoms with E-state index >= 15 is 0 Å². The van der Waals surface area contributed by atoms with E-state index in [0.717, 1.165) is 49.3 Å². The van der Waals surface area contributed by atoms with Crippen LogP contribution in [0.4, 0.5) is 17.5 Å². The quantitative estimate of drug-likeness (QED) is 0.345. The molecular formula is C32H40N10O2. The van der Waals surface area contributed by atoms with Gasteiger partial charge in [0.25, 0.3) is 5.91 Å². The molecule has 0 spiro atoms. The molecule has 0 aliphatic carbocycles. The summed E-state index contributed by atoms with van der Waals surface area (Å²) < 4.78 is 1.72. The van der Waals surface area contributed by atoms with E-state index in [1.165, 1.54) is 0 Å². The lowest BCUT2D eigenvalue weighted by atomic mass is 9.88. The molecule has 0 radical (unpaired) electrons. The summed E-state index contributed by atoms with van der Waals surface area (Å²) in [5.41, 5.74) is 3.86. The minimum Gasteiger partial charge on any atom is -0.346 e. The molecule has 0 bridgehead atoms. The average Bonchev–Trinajstić information content (AvgIpc) is 3.49. The predicted octanol–water partition coefficient (Wildman–Crippen LogP) is 3.40. The first-order valence-corrected chi connectivity index (χ1v) is 15.1. The number of piperazine rings is 1. The van der Waals surface area contributed by atoms with Crippen LogP contribution in [0.1, 0.15) is 61.3 Å². The number of imidazole rings is 1. The molecule has 5 heterocycles. The minimum atomic E-state index is -0.293. The number of hydrogen-bond acceptors (Lipinski definition) is 9. The number of anilines is 3. The Balaban J connectivity index is 1.16. The van der Waals surface area contributed by atoms with E-state index < -0.39 is 0 Å². The number of nitrogens with one attached hydrogen (secondary N) is 2. The number of carbonyl (C=O) groups excluding carboxylic acids is 2. The lowest BCUT2D eigenvalue weighted by molar-refractivity contribution is -0.139. The van der Waals surface area contributed by atoms with Crippen LogP contribution < -0.4 is 15.5 Å². The van der Waals surface area contributed by atoms with Crippen molar-refractivity contribution < 1.29 is 9.59 Å². The van der Waals surface area contributed by atoms with Crippen LogP contribution in [0.5, 0.6) is 0 Å². The summed E-state index contributed by atoms with van der Waals surface area (Å²) in [6.07, 6.45) is 7.03. The molecule has 2 aliphatic rings. The lowest BCUT2D eigenvalue weighted by Crippen LogP contribution is -2.48. The second kappa shape index (κ2) is 11.8. The van der Waals surface area contributed by atoms with E-state index in [4.69, 9.17) is 10.1 Å². The van der Waals surface area contributed by atoms with Gasteiger partial charge < -0.3 is 20.4 Å². The summed E-state index contributed by atoms with van der Waals surface area (Å²) >= 11 is 0. The van der Waals surface area contributed by atoms with Crippen molar-refractivity contribution in [3.63, 3.8) is 0 Å². The summed E-state index contributed by atoms with van der Waals surface area (Å²) in [6.45, 7) is 9.29. The molecular weight excluding hydrogens is 556 g/mol. The number of nitrogens with zero attached hydrogens (tertiary/aromatic N) is 8. The summed E-state index contributed by atoms with van der Waals surface area (Å²) in [4.78, 5) is 45.6. The number of fused-ring (bicyclic) bond motifs is 1. The number of likely N-dealkylation sites (N-methyl/N-ethyl adjacent to an activating group) is 2. The maximum atomic E-state index is 13.0. The molecule has 6 rings (SSSR count). The van der Waals surface area contributed by atoms with Crippen LogP contribution in [0.2, 0.25) is 0 Å². The third kappa shape index (κ3) is 6.07. The number of rotatable bonds is 6. The molecule has 0 saturated carbocycles. The molecule has 230 valence electrons. The van der Waals surface area contributed by atoms with Crippen LogP contribution in [0.15, 0.2) is 55.0 Å². The van der Waals surface area contributed by atoms with E-state index in [9.17, 15) is 9.59 Å². The largest absolute Gasteiger partial charge is 0.346 e. The number of benzene rings is 1. The highest BCUT2D eigenvalue weighted by molar-refractivity contribution is 5.92. The van der Waals surface area contributed by atoms with Crippen molar-refractivity contribution in [2.75, 3.05) is 50.5 Å². The molecule has 3 aromatic heterocycles. The smallest absolute Gasteiger partial charge is 0.270 e.